The molecule has 0 aromatic heterocycles. The molecule has 2 aromatic rings. The van der Waals surface area contributed by atoms with E-state index in [-0.39, 0.29) is 5.91 Å². The number of hydrogen-bond acceptors (Lipinski definition) is 4. The standard InChI is InChI=1S/C25H33N3O2/c1-30-24-11-6-5-10-23(24)27-18-16-26(17-19-27)14-7-15-28(20-21-12-13-21)25(29)22-8-3-2-4-9-22/h2-6,8-11,21H,7,12-20H2,1H3. The highest BCUT2D eigenvalue weighted by molar-refractivity contribution is 5.94. The highest BCUT2D eigenvalue weighted by Crippen LogP contribution is 2.30. The number of amides is 1. The van der Waals surface area contributed by atoms with Gasteiger partial charge in [-0.25, -0.2) is 0 Å². The number of hydrogen-bond donors (Lipinski definition) is 0. The van der Waals surface area contributed by atoms with Crippen molar-refractivity contribution in [2.45, 2.75) is 19.3 Å². The number of methoxy groups -OCH3 is 1. The molecular weight excluding hydrogens is 374 g/mol. The maximum atomic E-state index is 12.9. The zero-order chi connectivity index (χ0) is 20.8. The molecule has 1 heterocycles. The summed E-state index contributed by atoms with van der Waals surface area (Å²) in [6.07, 6.45) is 3.56. The Morgan fingerprint density at radius 3 is 2.40 bits per heavy atom. The summed E-state index contributed by atoms with van der Waals surface area (Å²) < 4.78 is 5.52. The minimum atomic E-state index is 0.184. The maximum Gasteiger partial charge on any atom is 0.253 e. The number of carbonyl (C=O) groups is 1. The summed E-state index contributed by atoms with van der Waals surface area (Å²) in [5.74, 6) is 1.84. The number of para-hydroxylation sites is 2. The van der Waals surface area contributed by atoms with Gasteiger partial charge in [0.2, 0.25) is 0 Å². The van der Waals surface area contributed by atoms with Gasteiger partial charge in [-0.05, 0) is 56.0 Å². The molecule has 2 aromatic carbocycles. The van der Waals surface area contributed by atoms with Crippen molar-refractivity contribution in [1.82, 2.24) is 9.80 Å². The molecule has 0 unspecified atom stereocenters. The predicted molar refractivity (Wildman–Crippen MR) is 121 cm³/mol. The predicted octanol–water partition coefficient (Wildman–Crippen LogP) is 3.76. The number of rotatable bonds is 9. The zero-order valence-corrected chi connectivity index (χ0v) is 18.0. The summed E-state index contributed by atoms with van der Waals surface area (Å²) in [6, 6.07) is 18.0. The van der Waals surface area contributed by atoms with Crippen LogP contribution < -0.4 is 9.64 Å². The quantitative estimate of drug-likeness (QED) is 0.634. The monoisotopic (exact) mass is 407 g/mol. The summed E-state index contributed by atoms with van der Waals surface area (Å²) in [5, 5.41) is 0. The van der Waals surface area contributed by atoms with Gasteiger partial charge in [0.15, 0.2) is 0 Å². The molecule has 2 fully saturated rings. The van der Waals surface area contributed by atoms with Crippen molar-refractivity contribution >= 4 is 11.6 Å². The van der Waals surface area contributed by atoms with E-state index in [0.29, 0.717) is 5.92 Å². The number of anilines is 1. The lowest BCUT2D eigenvalue weighted by Crippen LogP contribution is -2.47. The van der Waals surface area contributed by atoms with Crippen molar-refractivity contribution < 1.29 is 9.53 Å². The molecule has 0 bridgehead atoms. The molecule has 1 saturated heterocycles. The molecule has 1 amide bonds. The van der Waals surface area contributed by atoms with Gasteiger partial charge in [0.1, 0.15) is 5.75 Å². The average molecular weight is 408 g/mol. The summed E-state index contributed by atoms with van der Waals surface area (Å²) in [7, 11) is 1.74. The second kappa shape index (κ2) is 9.98. The van der Waals surface area contributed by atoms with Gasteiger partial charge >= 0.3 is 0 Å². The van der Waals surface area contributed by atoms with Gasteiger partial charge < -0.3 is 14.5 Å². The van der Waals surface area contributed by atoms with Crippen LogP contribution in [0.5, 0.6) is 5.75 Å². The smallest absolute Gasteiger partial charge is 0.253 e. The van der Waals surface area contributed by atoms with Crippen LogP contribution in [0, 0.1) is 5.92 Å². The topological polar surface area (TPSA) is 36.0 Å². The van der Waals surface area contributed by atoms with Crippen LogP contribution in [0.1, 0.15) is 29.6 Å². The zero-order valence-electron chi connectivity index (χ0n) is 18.0. The van der Waals surface area contributed by atoms with E-state index in [4.69, 9.17) is 4.74 Å². The molecular formula is C25H33N3O2. The lowest BCUT2D eigenvalue weighted by molar-refractivity contribution is 0.0739. The molecule has 30 heavy (non-hydrogen) atoms. The van der Waals surface area contributed by atoms with Crippen LogP contribution in [-0.2, 0) is 0 Å². The van der Waals surface area contributed by atoms with Gasteiger partial charge in [-0.15, -0.1) is 0 Å². The van der Waals surface area contributed by atoms with Crippen molar-refractivity contribution in [3.8, 4) is 5.75 Å². The van der Waals surface area contributed by atoms with E-state index < -0.39 is 0 Å². The Kier molecular flexibility index (Phi) is 6.90. The van der Waals surface area contributed by atoms with E-state index in [1.807, 2.05) is 42.5 Å². The Bertz CT molecular complexity index is 814. The largest absolute Gasteiger partial charge is 0.495 e. The second-order valence-electron chi connectivity index (χ2n) is 8.41. The Balaban J connectivity index is 1.25. The molecule has 0 spiro atoms. The summed E-state index contributed by atoms with van der Waals surface area (Å²) in [6.45, 7) is 6.92. The van der Waals surface area contributed by atoms with Crippen LogP contribution in [-0.4, -0.2) is 68.6 Å². The van der Waals surface area contributed by atoms with Gasteiger partial charge in [-0.1, -0.05) is 30.3 Å². The van der Waals surface area contributed by atoms with Crippen LogP contribution in [0.2, 0.25) is 0 Å². The fraction of sp³-hybridized carbons (Fsp3) is 0.480. The van der Waals surface area contributed by atoms with Crippen molar-refractivity contribution in [2.24, 2.45) is 5.92 Å². The first-order valence-electron chi connectivity index (χ1n) is 11.2. The Labute approximate surface area is 180 Å². The van der Waals surface area contributed by atoms with Crippen molar-refractivity contribution in [3.63, 3.8) is 0 Å². The lowest BCUT2D eigenvalue weighted by Gasteiger charge is -2.37. The maximum absolute atomic E-state index is 12.9. The molecule has 0 N–H and O–H groups in total. The number of benzene rings is 2. The molecule has 160 valence electrons. The summed E-state index contributed by atoms with van der Waals surface area (Å²) in [4.78, 5) is 20.0. The second-order valence-corrected chi connectivity index (χ2v) is 8.41. The van der Waals surface area contributed by atoms with Gasteiger partial charge in [0, 0.05) is 44.8 Å². The van der Waals surface area contributed by atoms with Crippen LogP contribution in [0.25, 0.3) is 0 Å². The average Bonchev–Trinajstić information content (AvgIpc) is 3.63. The Morgan fingerprint density at radius 1 is 1.00 bits per heavy atom. The molecule has 5 nitrogen and oxygen atoms in total. The van der Waals surface area contributed by atoms with Gasteiger partial charge in [-0.3, -0.25) is 9.69 Å². The van der Waals surface area contributed by atoms with E-state index in [1.165, 1.54) is 18.5 Å². The van der Waals surface area contributed by atoms with E-state index in [1.54, 1.807) is 7.11 Å². The molecule has 2 aliphatic rings. The van der Waals surface area contributed by atoms with E-state index in [2.05, 4.69) is 26.8 Å². The third-order valence-electron chi connectivity index (χ3n) is 6.18. The highest BCUT2D eigenvalue weighted by Gasteiger charge is 2.27. The molecule has 0 radical (unpaired) electrons. The molecule has 1 saturated carbocycles. The van der Waals surface area contributed by atoms with Crippen LogP contribution in [0.4, 0.5) is 5.69 Å². The van der Waals surface area contributed by atoms with Crippen LogP contribution in [0.15, 0.2) is 54.6 Å². The first-order chi connectivity index (χ1) is 14.7. The van der Waals surface area contributed by atoms with Gasteiger partial charge in [-0.2, -0.15) is 0 Å². The minimum absolute atomic E-state index is 0.184. The SMILES string of the molecule is COc1ccccc1N1CCN(CCCN(CC2CC2)C(=O)c2ccccc2)CC1. The van der Waals surface area contributed by atoms with Crippen molar-refractivity contribution in [1.29, 1.82) is 0 Å². The van der Waals surface area contributed by atoms with Crippen molar-refractivity contribution in [2.75, 3.05) is 57.8 Å². The Morgan fingerprint density at radius 2 is 1.70 bits per heavy atom. The van der Waals surface area contributed by atoms with E-state index in [9.17, 15) is 4.79 Å². The first kappa shape index (κ1) is 20.7. The molecule has 4 rings (SSSR count). The van der Waals surface area contributed by atoms with Gasteiger partial charge in [0.25, 0.3) is 5.91 Å². The summed E-state index contributed by atoms with van der Waals surface area (Å²) in [5.41, 5.74) is 1.99. The normalized spacial score (nSPS) is 17.0. The third-order valence-corrected chi connectivity index (χ3v) is 6.18. The fourth-order valence-electron chi connectivity index (χ4n) is 4.24. The minimum Gasteiger partial charge on any atom is -0.495 e. The Hall–Kier alpha value is -2.53. The van der Waals surface area contributed by atoms with Crippen molar-refractivity contribution in [3.05, 3.63) is 60.2 Å². The van der Waals surface area contributed by atoms with Gasteiger partial charge in [0.05, 0.1) is 12.8 Å². The van der Waals surface area contributed by atoms with Crippen LogP contribution >= 0.6 is 0 Å². The lowest BCUT2D eigenvalue weighted by atomic mass is 10.1. The number of carbonyl (C=O) groups excluding carboxylic acids is 1. The summed E-state index contributed by atoms with van der Waals surface area (Å²) >= 11 is 0. The third kappa shape index (κ3) is 5.33. The molecule has 1 aliphatic carbocycles. The first-order valence-corrected chi connectivity index (χ1v) is 11.2. The molecule has 5 heteroatoms. The number of piperazine rings is 1. The number of nitrogens with zero attached hydrogens (tertiary/aromatic N) is 3. The molecule has 1 aliphatic heterocycles. The van der Waals surface area contributed by atoms with Crippen LogP contribution in [0.3, 0.4) is 0 Å². The fourth-order valence-corrected chi connectivity index (χ4v) is 4.24. The van der Waals surface area contributed by atoms with E-state index in [0.717, 1.165) is 63.5 Å². The van der Waals surface area contributed by atoms with E-state index >= 15 is 0 Å². The number of ether oxygens (including phenoxy) is 1. The molecule has 0 atom stereocenters. The highest BCUT2D eigenvalue weighted by atomic mass is 16.5.